The Morgan fingerprint density at radius 1 is 1.26 bits per heavy atom. The second-order valence-corrected chi connectivity index (χ2v) is 7.25. The maximum atomic E-state index is 12.6. The van der Waals surface area contributed by atoms with Crippen molar-refractivity contribution in [2.75, 3.05) is 26.7 Å². The Labute approximate surface area is 158 Å². The highest BCUT2D eigenvalue weighted by Gasteiger charge is 2.27. The molecular formula is C19H24N6O2. The first-order valence-electron chi connectivity index (χ1n) is 9.35. The molecule has 8 nitrogen and oxygen atoms in total. The number of carbonyl (C=O) groups is 2. The number of aromatic nitrogens is 3. The molecule has 1 fully saturated rings. The highest BCUT2D eigenvalue weighted by atomic mass is 16.2. The number of hydrogen-bond donors (Lipinski definition) is 1. The first-order chi connectivity index (χ1) is 13.1. The Hall–Kier alpha value is -2.74. The zero-order valence-corrected chi connectivity index (χ0v) is 15.5. The van der Waals surface area contributed by atoms with E-state index >= 15 is 0 Å². The molecule has 2 amide bonds. The third-order valence-corrected chi connectivity index (χ3v) is 5.28. The Morgan fingerprint density at radius 2 is 2.07 bits per heavy atom. The van der Waals surface area contributed by atoms with Gasteiger partial charge < -0.3 is 10.2 Å². The van der Waals surface area contributed by atoms with Gasteiger partial charge in [0.05, 0.1) is 6.54 Å². The summed E-state index contributed by atoms with van der Waals surface area (Å²) in [6.45, 7) is 3.99. The maximum Gasteiger partial charge on any atom is 0.272 e. The van der Waals surface area contributed by atoms with Crippen molar-refractivity contribution in [1.82, 2.24) is 29.9 Å². The van der Waals surface area contributed by atoms with E-state index in [0.717, 1.165) is 32.5 Å². The van der Waals surface area contributed by atoms with Gasteiger partial charge in [0.15, 0.2) is 5.69 Å². The van der Waals surface area contributed by atoms with Gasteiger partial charge in [0, 0.05) is 57.7 Å². The fourth-order valence-corrected chi connectivity index (χ4v) is 3.66. The summed E-state index contributed by atoms with van der Waals surface area (Å²) in [5, 5.41) is 7.39. The normalized spacial score (nSPS) is 18.4. The number of nitrogens with one attached hydrogen (secondary N) is 1. The van der Waals surface area contributed by atoms with Crippen LogP contribution in [0.1, 0.15) is 39.4 Å². The number of pyridine rings is 1. The maximum absolute atomic E-state index is 12.6. The summed E-state index contributed by atoms with van der Waals surface area (Å²) in [6, 6.07) is 5.78. The van der Waals surface area contributed by atoms with E-state index in [9.17, 15) is 9.59 Å². The number of nitrogens with zero attached hydrogens (tertiary/aromatic N) is 5. The summed E-state index contributed by atoms with van der Waals surface area (Å²) in [7, 11) is 1.76. The Balaban J connectivity index is 1.31. The average molecular weight is 368 g/mol. The van der Waals surface area contributed by atoms with Crippen LogP contribution in [0.5, 0.6) is 0 Å². The Morgan fingerprint density at radius 3 is 2.81 bits per heavy atom. The lowest BCUT2D eigenvalue weighted by Crippen LogP contribution is -2.44. The molecule has 4 rings (SSSR count). The quantitative estimate of drug-likeness (QED) is 0.861. The van der Waals surface area contributed by atoms with E-state index in [1.807, 2.05) is 12.3 Å². The number of fused-ring (bicyclic) bond motifs is 1. The van der Waals surface area contributed by atoms with Gasteiger partial charge in [-0.3, -0.25) is 24.2 Å². The zero-order chi connectivity index (χ0) is 18.8. The molecule has 0 unspecified atom stereocenters. The van der Waals surface area contributed by atoms with Crippen LogP contribution in [0.3, 0.4) is 0 Å². The second-order valence-electron chi connectivity index (χ2n) is 7.25. The molecule has 8 heteroatoms. The van der Waals surface area contributed by atoms with E-state index < -0.39 is 0 Å². The second kappa shape index (κ2) is 7.48. The van der Waals surface area contributed by atoms with Gasteiger partial charge in [0.25, 0.3) is 11.8 Å². The number of likely N-dealkylation sites (tertiary alicyclic amines) is 1. The van der Waals surface area contributed by atoms with Gasteiger partial charge >= 0.3 is 0 Å². The van der Waals surface area contributed by atoms with Crippen LogP contribution in [0, 0.1) is 0 Å². The lowest BCUT2D eigenvalue weighted by molar-refractivity contribution is 0.0741. The minimum absolute atomic E-state index is 0.0866. The molecule has 0 saturated carbocycles. The minimum atomic E-state index is -0.196. The predicted octanol–water partition coefficient (Wildman–Crippen LogP) is 0.758. The summed E-state index contributed by atoms with van der Waals surface area (Å²) in [6.07, 6.45) is 5.49. The molecule has 0 aromatic carbocycles. The molecule has 1 N–H and O–H groups in total. The van der Waals surface area contributed by atoms with E-state index in [0.29, 0.717) is 24.5 Å². The van der Waals surface area contributed by atoms with Gasteiger partial charge in [-0.2, -0.15) is 5.10 Å². The molecular weight excluding hydrogens is 344 g/mol. The van der Waals surface area contributed by atoms with Crippen molar-refractivity contribution in [3.63, 3.8) is 0 Å². The van der Waals surface area contributed by atoms with Crippen molar-refractivity contribution in [2.45, 2.75) is 32.0 Å². The standard InChI is InChI=1S/C19H24N6O2/c1-23-9-10-25-17(19(23)27)11-16(22-25)18(26)21-15-4-7-24(8-5-15)13-14-3-2-6-20-12-14/h2-3,6,11-12,15H,4-5,7-10,13H2,1H3,(H,21,26). The minimum Gasteiger partial charge on any atom is -0.348 e. The molecule has 27 heavy (non-hydrogen) atoms. The van der Waals surface area contributed by atoms with E-state index in [-0.39, 0.29) is 17.9 Å². The van der Waals surface area contributed by atoms with E-state index in [1.54, 1.807) is 28.9 Å². The van der Waals surface area contributed by atoms with Crippen LogP contribution in [-0.2, 0) is 13.1 Å². The predicted molar refractivity (Wildman–Crippen MR) is 99.2 cm³/mol. The number of rotatable bonds is 4. The van der Waals surface area contributed by atoms with Gasteiger partial charge in [0.2, 0.25) is 0 Å². The third kappa shape index (κ3) is 3.85. The van der Waals surface area contributed by atoms with Gasteiger partial charge in [-0.05, 0) is 24.5 Å². The van der Waals surface area contributed by atoms with Crippen molar-refractivity contribution < 1.29 is 9.59 Å². The number of hydrogen-bond acceptors (Lipinski definition) is 5. The van der Waals surface area contributed by atoms with E-state index in [4.69, 9.17) is 0 Å². The summed E-state index contributed by atoms with van der Waals surface area (Å²) >= 11 is 0. The summed E-state index contributed by atoms with van der Waals surface area (Å²) in [5.74, 6) is -0.283. The van der Waals surface area contributed by atoms with Crippen LogP contribution in [0.25, 0.3) is 0 Å². The van der Waals surface area contributed by atoms with Crippen molar-refractivity contribution in [3.05, 3.63) is 47.5 Å². The molecule has 2 aliphatic heterocycles. The number of carbonyl (C=O) groups excluding carboxylic acids is 2. The molecule has 4 heterocycles. The molecule has 2 aliphatic rings. The van der Waals surface area contributed by atoms with Crippen molar-refractivity contribution in [1.29, 1.82) is 0 Å². The first kappa shape index (κ1) is 17.7. The largest absolute Gasteiger partial charge is 0.348 e. The van der Waals surface area contributed by atoms with Gasteiger partial charge in [-0.15, -0.1) is 0 Å². The van der Waals surface area contributed by atoms with Crippen LogP contribution in [0.2, 0.25) is 0 Å². The highest BCUT2D eigenvalue weighted by Crippen LogP contribution is 2.16. The van der Waals surface area contributed by atoms with Crippen LogP contribution in [0.15, 0.2) is 30.6 Å². The summed E-state index contributed by atoms with van der Waals surface area (Å²) in [4.78, 5) is 32.9. The lowest BCUT2D eigenvalue weighted by atomic mass is 10.0. The fraction of sp³-hybridized carbons (Fsp3) is 0.474. The van der Waals surface area contributed by atoms with E-state index in [1.165, 1.54) is 5.56 Å². The molecule has 1 saturated heterocycles. The average Bonchev–Trinajstić information content (AvgIpc) is 3.12. The monoisotopic (exact) mass is 368 g/mol. The highest BCUT2D eigenvalue weighted by molar-refractivity contribution is 5.98. The van der Waals surface area contributed by atoms with E-state index in [2.05, 4.69) is 26.4 Å². The molecule has 0 aliphatic carbocycles. The van der Waals surface area contributed by atoms with Crippen molar-refractivity contribution in [3.8, 4) is 0 Å². The SMILES string of the molecule is CN1CCn2nc(C(=O)NC3CCN(Cc4cccnc4)CC3)cc2C1=O. The van der Waals surface area contributed by atoms with Crippen LogP contribution in [0.4, 0.5) is 0 Å². The third-order valence-electron chi connectivity index (χ3n) is 5.28. The number of amides is 2. The van der Waals surface area contributed by atoms with Gasteiger partial charge in [0.1, 0.15) is 5.69 Å². The molecule has 0 radical (unpaired) electrons. The topological polar surface area (TPSA) is 83.4 Å². The molecule has 0 atom stereocenters. The van der Waals surface area contributed by atoms with Crippen molar-refractivity contribution in [2.24, 2.45) is 0 Å². The molecule has 2 aromatic heterocycles. The smallest absolute Gasteiger partial charge is 0.272 e. The first-order valence-corrected chi connectivity index (χ1v) is 9.35. The molecule has 142 valence electrons. The van der Waals surface area contributed by atoms with Gasteiger partial charge in [-0.25, -0.2) is 0 Å². The molecule has 0 bridgehead atoms. The lowest BCUT2D eigenvalue weighted by Gasteiger charge is -2.32. The summed E-state index contributed by atoms with van der Waals surface area (Å²) < 4.78 is 1.63. The number of piperidine rings is 1. The molecule has 2 aromatic rings. The zero-order valence-electron chi connectivity index (χ0n) is 15.5. The Kier molecular flexibility index (Phi) is 4.89. The Bertz CT molecular complexity index is 826. The number of likely N-dealkylation sites (N-methyl/N-ethyl adjacent to an activating group) is 1. The molecule has 0 spiro atoms. The van der Waals surface area contributed by atoms with Gasteiger partial charge in [-0.1, -0.05) is 6.07 Å². The fourth-order valence-electron chi connectivity index (χ4n) is 3.66. The van der Waals surface area contributed by atoms with Crippen LogP contribution >= 0.6 is 0 Å². The summed E-state index contributed by atoms with van der Waals surface area (Å²) in [5.41, 5.74) is 2.02. The van der Waals surface area contributed by atoms with Crippen LogP contribution in [-0.4, -0.2) is 69.1 Å². The van der Waals surface area contributed by atoms with Crippen LogP contribution < -0.4 is 5.32 Å². The van der Waals surface area contributed by atoms with Crippen molar-refractivity contribution >= 4 is 11.8 Å².